The lowest BCUT2D eigenvalue weighted by molar-refractivity contribution is -0.170. The highest BCUT2D eigenvalue weighted by atomic mass is 79.9. The molecule has 2 aliphatic heterocycles. The molecule has 0 radical (unpaired) electrons. The van der Waals surface area contributed by atoms with E-state index in [2.05, 4.69) is 21.2 Å². The molecule has 3 heterocycles. The molecule has 1 N–H and O–H groups in total. The molecule has 3 rings (SSSR count). The molecule has 0 saturated carbocycles. The highest BCUT2D eigenvalue weighted by Crippen LogP contribution is 2.41. The van der Waals surface area contributed by atoms with Crippen molar-refractivity contribution in [3.05, 3.63) is 33.4 Å². The predicted molar refractivity (Wildman–Crippen MR) is 110 cm³/mol. The minimum atomic E-state index is -0.757. The summed E-state index contributed by atoms with van der Waals surface area (Å²) < 4.78 is 5.51. The van der Waals surface area contributed by atoms with Crippen molar-refractivity contribution in [3.8, 4) is 0 Å². The highest BCUT2D eigenvalue weighted by molar-refractivity contribution is 9.09. The van der Waals surface area contributed by atoms with E-state index in [0.29, 0.717) is 5.33 Å². The number of thioether (sulfide) groups is 1. The molecule has 2 amide bonds. The van der Waals surface area contributed by atoms with Crippen LogP contribution in [0.25, 0.3) is 0 Å². The molecule has 0 spiro atoms. The van der Waals surface area contributed by atoms with E-state index < -0.39 is 23.7 Å². The third kappa shape index (κ3) is 4.41. The maximum atomic E-state index is 12.7. The number of nitrogens with zero attached hydrogens (tertiary/aromatic N) is 1. The number of esters is 1. The van der Waals surface area contributed by atoms with Crippen molar-refractivity contribution in [3.63, 3.8) is 0 Å². The SMILES string of the molecule is CC(C)(C)OC(=O)C1C(CBr)=CS[C@@H]2C(NC(=O)Cc3cccs3)C(=O)N12. The molecule has 1 saturated heterocycles. The molecular formula is C18H21BrN2O4S2. The fourth-order valence-electron chi connectivity index (χ4n) is 2.96. The molecule has 27 heavy (non-hydrogen) atoms. The molecule has 146 valence electrons. The number of hydrogen-bond acceptors (Lipinski definition) is 6. The average molecular weight is 473 g/mol. The van der Waals surface area contributed by atoms with Crippen LogP contribution >= 0.6 is 39.0 Å². The summed E-state index contributed by atoms with van der Waals surface area (Å²) in [5, 5.41) is 6.77. The molecule has 9 heteroatoms. The van der Waals surface area contributed by atoms with Gasteiger partial charge in [0, 0.05) is 10.2 Å². The Morgan fingerprint density at radius 2 is 2.11 bits per heavy atom. The largest absolute Gasteiger partial charge is 0.458 e. The lowest BCUT2D eigenvalue weighted by Gasteiger charge is -2.51. The third-order valence-corrected chi connectivity index (χ3v) is 6.82. The zero-order valence-corrected chi connectivity index (χ0v) is 18.4. The van der Waals surface area contributed by atoms with Crippen LogP contribution in [0.4, 0.5) is 0 Å². The summed E-state index contributed by atoms with van der Waals surface area (Å²) in [5.41, 5.74) is 0.138. The fourth-order valence-corrected chi connectivity index (χ4v) is 5.57. The van der Waals surface area contributed by atoms with E-state index in [-0.39, 0.29) is 23.6 Å². The van der Waals surface area contributed by atoms with E-state index in [9.17, 15) is 14.4 Å². The molecule has 0 bridgehead atoms. The number of carbonyl (C=O) groups is 3. The van der Waals surface area contributed by atoms with Crippen LogP contribution in [0.2, 0.25) is 0 Å². The van der Waals surface area contributed by atoms with Crippen LogP contribution in [0.15, 0.2) is 28.5 Å². The van der Waals surface area contributed by atoms with Gasteiger partial charge in [-0.1, -0.05) is 22.0 Å². The average Bonchev–Trinajstić information content (AvgIpc) is 3.09. The Hall–Kier alpha value is -1.32. The van der Waals surface area contributed by atoms with Crippen molar-refractivity contribution < 1.29 is 19.1 Å². The molecular weight excluding hydrogens is 452 g/mol. The van der Waals surface area contributed by atoms with Crippen LogP contribution in [0.1, 0.15) is 25.6 Å². The third-order valence-electron chi connectivity index (χ3n) is 4.08. The molecule has 2 aliphatic rings. The number of thiophene rings is 1. The Morgan fingerprint density at radius 3 is 2.70 bits per heavy atom. The van der Waals surface area contributed by atoms with Gasteiger partial charge in [0.25, 0.3) is 0 Å². The van der Waals surface area contributed by atoms with Gasteiger partial charge in [0.1, 0.15) is 17.0 Å². The van der Waals surface area contributed by atoms with E-state index in [1.54, 1.807) is 20.8 Å². The number of halogens is 1. The summed E-state index contributed by atoms with van der Waals surface area (Å²) in [6.07, 6.45) is 0.247. The van der Waals surface area contributed by atoms with E-state index in [4.69, 9.17) is 4.74 Å². The molecule has 2 unspecified atom stereocenters. The second-order valence-electron chi connectivity index (χ2n) is 7.34. The van der Waals surface area contributed by atoms with E-state index in [1.807, 2.05) is 22.9 Å². The Labute approximate surface area is 174 Å². The van der Waals surface area contributed by atoms with Gasteiger partial charge in [-0.25, -0.2) is 4.79 Å². The van der Waals surface area contributed by atoms with Crippen molar-refractivity contribution in [1.82, 2.24) is 10.2 Å². The topological polar surface area (TPSA) is 75.7 Å². The summed E-state index contributed by atoms with van der Waals surface area (Å²) >= 11 is 6.33. The van der Waals surface area contributed by atoms with Crippen molar-refractivity contribution in [2.24, 2.45) is 0 Å². The Morgan fingerprint density at radius 1 is 1.37 bits per heavy atom. The number of carbonyl (C=O) groups excluding carboxylic acids is 3. The van der Waals surface area contributed by atoms with Crippen LogP contribution in [-0.2, 0) is 25.5 Å². The molecule has 0 aromatic carbocycles. The normalized spacial score (nSPS) is 24.6. The summed E-state index contributed by atoms with van der Waals surface area (Å²) in [6, 6.07) is 2.39. The standard InChI is InChI=1S/C18H21BrN2O4S2/c1-18(2,3)25-17(24)14-10(8-19)9-27-16-13(15(23)21(14)16)20-12(22)7-11-5-4-6-26-11/h4-6,9,13-14,16H,7-8H2,1-3H3,(H,20,22)/t13?,14?,16-/m1/s1. The first kappa shape index (κ1) is 20.4. The van der Waals surface area contributed by atoms with E-state index >= 15 is 0 Å². The fraction of sp³-hybridized carbons (Fsp3) is 0.500. The molecule has 1 fully saturated rings. The van der Waals surface area contributed by atoms with E-state index in [1.165, 1.54) is 28.0 Å². The summed E-state index contributed by atoms with van der Waals surface area (Å²) in [5.74, 6) is -0.898. The minimum Gasteiger partial charge on any atom is -0.458 e. The lowest BCUT2D eigenvalue weighted by Crippen LogP contribution is -2.74. The maximum Gasteiger partial charge on any atom is 0.333 e. The van der Waals surface area contributed by atoms with Crippen molar-refractivity contribution >= 4 is 56.8 Å². The number of amides is 2. The van der Waals surface area contributed by atoms with Crippen LogP contribution in [0.3, 0.4) is 0 Å². The van der Waals surface area contributed by atoms with Crippen molar-refractivity contribution in [1.29, 1.82) is 0 Å². The zero-order valence-electron chi connectivity index (χ0n) is 15.2. The highest BCUT2D eigenvalue weighted by Gasteiger charge is 2.56. The molecule has 6 nitrogen and oxygen atoms in total. The van der Waals surface area contributed by atoms with Gasteiger partial charge in [-0.05, 0) is 43.2 Å². The number of ether oxygens (including phenoxy) is 1. The van der Waals surface area contributed by atoms with Crippen LogP contribution in [0, 0.1) is 0 Å². The Kier molecular flexibility index (Phi) is 6.02. The van der Waals surface area contributed by atoms with Gasteiger partial charge in [-0.15, -0.1) is 23.1 Å². The minimum absolute atomic E-state index is 0.194. The first-order valence-corrected chi connectivity index (χ1v) is 11.4. The van der Waals surface area contributed by atoms with Gasteiger partial charge < -0.3 is 15.0 Å². The van der Waals surface area contributed by atoms with Gasteiger partial charge in [-0.2, -0.15) is 0 Å². The maximum absolute atomic E-state index is 12.7. The summed E-state index contributed by atoms with van der Waals surface area (Å²) in [4.78, 5) is 40.1. The Balaban J connectivity index is 1.71. The quantitative estimate of drug-likeness (QED) is 0.405. The van der Waals surface area contributed by atoms with Gasteiger partial charge >= 0.3 is 5.97 Å². The van der Waals surface area contributed by atoms with Gasteiger partial charge in [0.15, 0.2) is 6.04 Å². The number of alkyl halides is 1. The lowest BCUT2D eigenvalue weighted by atomic mass is 9.98. The second-order valence-corrected chi connectivity index (χ2v) is 9.92. The van der Waals surface area contributed by atoms with Crippen molar-refractivity contribution in [2.45, 2.75) is 50.3 Å². The summed E-state index contributed by atoms with van der Waals surface area (Å²) in [6.45, 7) is 5.38. The number of fused-ring (bicyclic) bond motifs is 1. The van der Waals surface area contributed by atoms with Gasteiger partial charge in [0.05, 0.1) is 6.42 Å². The monoisotopic (exact) mass is 472 g/mol. The zero-order chi connectivity index (χ0) is 19.8. The first-order chi connectivity index (χ1) is 12.7. The predicted octanol–water partition coefficient (Wildman–Crippen LogP) is 2.68. The number of hydrogen-bond donors (Lipinski definition) is 1. The number of nitrogens with one attached hydrogen (secondary N) is 1. The molecule has 3 atom stereocenters. The van der Waals surface area contributed by atoms with Gasteiger partial charge in [-0.3, -0.25) is 9.59 Å². The summed E-state index contributed by atoms with van der Waals surface area (Å²) in [7, 11) is 0. The number of β-lactam (4-membered cyclic amide) rings is 1. The van der Waals surface area contributed by atoms with E-state index in [0.717, 1.165) is 10.5 Å². The molecule has 1 aromatic rings. The second kappa shape index (κ2) is 7.97. The van der Waals surface area contributed by atoms with Crippen LogP contribution < -0.4 is 5.32 Å². The molecule has 0 aliphatic carbocycles. The van der Waals surface area contributed by atoms with Gasteiger partial charge in [0.2, 0.25) is 11.8 Å². The van der Waals surface area contributed by atoms with Crippen molar-refractivity contribution in [2.75, 3.05) is 5.33 Å². The Bertz CT molecular complexity index is 773. The molecule has 1 aromatic heterocycles. The number of rotatable bonds is 5. The smallest absolute Gasteiger partial charge is 0.333 e. The van der Waals surface area contributed by atoms with Crippen LogP contribution in [-0.4, -0.2) is 51.1 Å². The van der Waals surface area contributed by atoms with Crippen LogP contribution in [0.5, 0.6) is 0 Å². The first-order valence-electron chi connectivity index (χ1n) is 8.48.